The molecule has 0 fully saturated rings. The maximum atomic E-state index is 13.1. The van der Waals surface area contributed by atoms with Crippen LogP contribution < -0.4 is 5.32 Å². The molecule has 33 heavy (non-hydrogen) atoms. The number of rotatable bonds is 8. The van der Waals surface area contributed by atoms with Crippen molar-refractivity contribution in [3.8, 4) is 0 Å². The van der Waals surface area contributed by atoms with Gasteiger partial charge in [0.15, 0.2) is 0 Å². The molecule has 2 aromatic rings. The van der Waals surface area contributed by atoms with Crippen molar-refractivity contribution >= 4 is 11.8 Å². The number of alkyl halides is 3. The van der Waals surface area contributed by atoms with Crippen molar-refractivity contribution in [2.45, 2.75) is 58.6 Å². The summed E-state index contributed by atoms with van der Waals surface area (Å²) >= 11 is 0. The zero-order chi connectivity index (χ0) is 24.0. The molecule has 1 atom stereocenters. The van der Waals surface area contributed by atoms with Gasteiger partial charge in [0.1, 0.15) is 12.6 Å². The molecule has 1 N–H and O–H groups in total. The van der Waals surface area contributed by atoms with Gasteiger partial charge in [0.2, 0.25) is 11.8 Å². The highest BCUT2D eigenvalue weighted by atomic mass is 19.4. The van der Waals surface area contributed by atoms with Crippen molar-refractivity contribution < 1.29 is 27.5 Å². The molecule has 0 saturated heterocycles. The topological polar surface area (TPSA) is 58.6 Å². The number of nitrogens with zero attached hydrogens (tertiary/aromatic N) is 1. The van der Waals surface area contributed by atoms with Crippen LogP contribution in [0.5, 0.6) is 0 Å². The molecule has 0 radical (unpaired) electrons. The van der Waals surface area contributed by atoms with Crippen LogP contribution in [0.3, 0.4) is 0 Å². The minimum atomic E-state index is -4.35. The highest BCUT2D eigenvalue weighted by Gasteiger charge is 2.34. The standard InChI is InChI=1S/C25H29F3N2O3/c1-17(2)11-23(31)30-14-21-6-4-3-5-20(21)12-22(30)24(32)29-13-18-7-9-19(10-8-18)15-33-16-25(26,27)28/h3-10,17,22H,11-16H2,1-2H3,(H,29,32). The predicted octanol–water partition coefficient (Wildman–Crippen LogP) is 4.38. The van der Waals surface area contributed by atoms with Gasteiger partial charge in [0, 0.05) is 25.9 Å². The van der Waals surface area contributed by atoms with Gasteiger partial charge in [-0.2, -0.15) is 13.2 Å². The van der Waals surface area contributed by atoms with E-state index in [4.69, 9.17) is 0 Å². The Bertz CT molecular complexity index is 958. The number of benzene rings is 2. The summed E-state index contributed by atoms with van der Waals surface area (Å²) in [5.41, 5.74) is 3.54. The molecule has 1 aliphatic rings. The van der Waals surface area contributed by atoms with E-state index < -0.39 is 18.8 Å². The zero-order valence-electron chi connectivity index (χ0n) is 18.8. The Morgan fingerprint density at radius 3 is 2.33 bits per heavy atom. The smallest absolute Gasteiger partial charge is 0.367 e. The molecule has 2 amide bonds. The second kappa shape index (κ2) is 10.8. The van der Waals surface area contributed by atoms with Crippen LogP contribution in [0.4, 0.5) is 13.2 Å². The van der Waals surface area contributed by atoms with Crippen LogP contribution in [-0.2, 0) is 40.4 Å². The van der Waals surface area contributed by atoms with Crippen LogP contribution in [0, 0.1) is 5.92 Å². The maximum absolute atomic E-state index is 13.1. The fourth-order valence-corrected chi connectivity index (χ4v) is 3.83. The van der Waals surface area contributed by atoms with E-state index in [0.29, 0.717) is 24.9 Å². The predicted molar refractivity (Wildman–Crippen MR) is 118 cm³/mol. The fourth-order valence-electron chi connectivity index (χ4n) is 3.83. The van der Waals surface area contributed by atoms with Gasteiger partial charge >= 0.3 is 6.18 Å². The van der Waals surface area contributed by atoms with E-state index in [1.807, 2.05) is 38.1 Å². The number of carbonyl (C=O) groups excluding carboxylic acids is 2. The summed E-state index contributed by atoms with van der Waals surface area (Å²) < 4.78 is 41.2. The van der Waals surface area contributed by atoms with E-state index in [-0.39, 0.29) is 30.9 Å². The lowest BCUT2D eigenvalue weighted by Gasteiger charge is -2.36. The van der Waals surface area contributed by atoms with Crippen LogP contribution in [0.1, 0.15) is 42.5 Å². The molecule has 0 spiro atoms. The second-order valence-electron chi connectivity index (χ2n) is 8.75. The minimum Gasteiger partial charge on any atom is -0.367 e. The van der Waals surface area contributed by atoms with Crippen molar-refractivity contribution in [3.05, 3.63) is 70.8 Å². The van der Waals surface area contributed by atoms with Crippen LogP contribution in [0.15, 0.2) is 48.5 Å². The third kappa shape index (κ3) is 7.32. The Morgan fingerprint density at radius 2 is 1.70 bits per heavy atom. The maximum Gasteiger partial charge on any atom is 0.411 e. The van der Waals surface area contributed by atoms with Gasteiger partial charge in [-0.15, -0.1) is 0 Å². The second-order valence-corrected chi connectivity index (χ2v) is 8.75. The summed E-state index contributed by atoms with van der Waals surface area (Å²) in [7, 11) is 0. The molecule has 1 heterocycles. The lowest BCUT2D eigenvalue weighted by atomic mass is 9.92. The molecule has 8 heteroatoms. The third-order valence-corrected chi connectivity index (χ3v) is 5.48. The summed E-state index contributed by atoms with van der Waals surface area (Å²) in [6, 6.07) is 14.1. The van der Waals surface area contributed by atoms with E-state index in [9.17, 15) is 22.8 Å². The summed E-state index contributed by atoms with van der Waals surface area (Å²) in [6.45, 7) is 3.19. The lowest BCUT2D eigenvalue weighted by Crippen LogP contribution is -2.52. The average molecular weight is 463 g/mol. The molecule has 0 aliphatic carbocycles. The zero-order valence-corrected chi connectivity index (χ0v) is 18.8. The van der Waals surface area contributed by atoms with Crippen molar-refractivity contribution in [2.24, 2.45) is 5.92 Å². The highest BCUT2D eigenvalue weighted by Crippen LogP contribution is 2.25. The quantitative estimate of drug-likeness (QED) is 0.634. The molecule has 1 unspecified atom stereocenters. The molecule has 0 aromatic heterocycles. The SMILES string of the molecule is CC(C)CC(=O)N1Cc2ccccc2CC1C(=O)NCc1ccc(COCC(F)(F)F)cc1. The summed E-state index contributed by atoms with van der Waals surface area (Å²) in [5.74, 6) is -0.0703. The van der Waals surface area contributed by atoms with Crippen molar-refractivity contribution in [1.82, 2.24) is 10.2 Å². The van der Waals surface area contributed by atoms with Crippen LogP contribution in [0.2, 0.25) is 0 Å². The van der Waals surface area contributed by atoms with E-state index in [1.54, 1.807) is 29.2 Å². The van der Waals surface area contributed by atoms with Crippen LogP contribution >= 0.6 is 0 Å². The van der Waals surface area contributed by atoms with Gasteiger partial charge < -0.3 is 15.0 Å². The van der Waals surface area contributed by atoms with Crippen molar-refractivity contribution in [3.63, 3.8) is 0 Å². The summed E-state index contributed by atoms with van der Waals surface area (Å²) in [4.78, 5) is 27.6. The molecule has 0 saturated carbocycles. The summed E-state index contributed by atoms with van der Waals surface area (Å²) in [6.07, 6.45) is -3.51. The number of fused-ring (bicyclic) bond motifs is 1. The Hall–Kier alpha value is -2.87. The van der Waals surface area contributed by atoms with Crippen molar-refractivity contribution in [2.75, 3.05) is 6.61 Å². The first kappa shape index (κ1) is 24.8. The number of nitrogens with one attached hydrogen (secondary N) is 1. The molecule has 0 bridgehead atoms. The Kier molecular flexibility index (Phi) is 8.13. The van der Waals surface area contributed by atoms with Crippen LogP contribution in [0.25, 0.3) is 0 Å². The number of hydrogen-bond donors (Lipinski definition) is 1. The Labute approximate surface area is 191 Å². The van der Waals surface area contributed by atoms with E-state index in [2.05, 4.69) is 10.1 Å². The largest absolute Gasteiger partial charge is 0.411 e. The molecule has 5 nitrogen and oxygen atoms in total. The normalized spacial score (nSPS) is 15.9. The lowest BCUT2D eigenvalue weighted by molar-refractivity contribution is -0.176. The highest BCUT2D eigenvalue weighted by molar-refractivity contribution is 5.88. The van der Waals surface area contributed by atoms with E-state index in [1.165, 1.54) is 0 Å². The fraction of sp³-hybridized carbons (Fsp3) is 0.440. The van der Waals surface area contributed by atoms with E-state index >= 15 is 0 Å². The molecule has 178 valence electrons. The van der Waals surface area contributed by atoms with Gasteiger partial charge in [-0.25, -0.2) is 0 Å². The minimum absolute atomic E-state index is 0.0390. The van der Waals surface area contributed by atoms with Gasteiger partial charge in [-0.3, -0.25) is 9.59 Å². The molecular weight excluding hydrogens is 433 g/mol. The molecule has 3 rings (SSSR count). The first-order valence-corrected chi connectivity index (χ1v) is 11.0. The average Bonchev–Trinajstić information content (AvgIpc) is 2.76. The van der Waals surface area contributed by atoms with Crippen LogP contribution in [-0.4, -0.2) is 35.5 Å². The number of amides is 2. The van der Waals surface area contributed by atoms with Gasteiger partial charge in [-0.1, -0.05) is 62.4 Å². The van der Waals surface area contributed by atoms with Gasteiger partial charge in [0.05, 0.1) is 6.61 Å². The summed E-state index contributed by atoms with van der Waals surface area (Å²) in [5, 5.41) is 2.91. The van der Waals surface area contributed by atoms with Gasteiger partial charge in [-0.05, 0) is 28.2 Å². The Balaban J connectivity index is 1.61. The number of ether oxygens (including phenoxy) is 1. The van der Waals surface area contributed by atoms with Gasteiger partial charge in [0.25, 0.3) is 0 Å². The number of hydrogen-bond acceptors (Lipinski definition) is 3. The Morgan fingerprint density at radius 1 is 1.06 bits per heavy atom. The van der Waals surface area contributed by atoms with Crippen molar-refractivity contribution in [1.29, 1.82) is 0 Å². The van der Waals surface area contributed by atoms with E-state index in [0.717, 1.165) is 16.7 Å². The number of halogens is 3. The third-order valence-electron chi connectivity index (χ3n) is 5.48. The molecule has 2 aromatic carbocycles. The first-order chi connectivity index (χ1) is 15.6. The first-order valence-electron chi connectivity index (χ1n) is 11.0. The molecular formula is C25H29F3N2O3. The molecule has 1 aliphatic heterocycles. The number of carbonyl (C=O) groups is 2. The monoisotopic (exact) mass is 462 g/mol.